The van der Waals surface area contributed by atoms with Gasteiger partial charge in [-0.3, -0.25) is 0 Å². The van der Waals surface area contributed by atoms with Gasteiger partial charge in [0.1, 0.15) is 0 Å². The van der Waals surface area contributed by atoms with E-state index in [1.54, 1.807) is 4.68 Å². The van der Waals surface area contributed by atoms with Crippen molar-refractivity contribution in [1.82, 2.24) is 20.3 Å². The molecule has 0 fully saturated rings. The number of hydrogen-bond donors (Lipinski definition) is 1. The first kappa shape index (κ1) is 12.1. The smallest absolute Gasteiger partial charge is 0.0832 e. The third-order valence-corrected chi connectivity index (χ3v) is 2.74. The van der Waals surface area contributed by atoms with Crippen molar-refractivity contribution in [3.05, 3.63) is 41.2 Å². The van der Waals surface area contributed by atoms with Gasteiger partial charge >= 0.3 is 0 Å². The van der Waals surface area contributed by atoms with Crippen molar-refractivity contribution in [3.8, 4) is 5.69 Å². The number of benzene rings is 1. The Labute approximate surface area is 106 Å². The highest BCUT2D eigenvalue weighted by atomic mass is 35.5. The summed E-state index contributed by atoms with van der Waals surface area (Å²) in [5.41, 5.74) is 1.98. The van der Waals surface area contributed by atoms with Crippen molar-refractivity contribution in [2.24, 2.45) is 0 Å². The van der Waals surface area contributed by atoms with Crippen molar-refractivity contribution in [1.29, 1.82) is 0 Å². The molecular formula is C12H15ClN4. The van der Waals surface area contributed by atoms with Crippen molar-refractivity contribution >= 4 is 11.6 Å². The minimum atomic E-state index is 0.725. The van der Waals surface area contributed by atoms with Crippen LogP contribution in [0.2, 0.25) is 5.02 Å². The largest absolute Gasteiger partial charge is 0.320 e. The number of rotatable bonds is 5. The Bertz CT molecular complexity index is 464. The molecule has 90 valence electrons. The maximum Gasteiger partial charge on any atom is 0.0832 e. The average molecular weight is 251 g/mol. The maximum atomic E-state index is 5.84. The molecule has 0 spiro atoms. The first-order chi connectivity index (χ1) is 8.29. The third-order valence-electron chi connectivity index (χ3n) is 2.49. The summed E-state index contributed by atoms with van der Waals surface area (Å²) in [6.07, 6.45) is 3.96. The predicted octanol–water partition coefficient (Wildman–Crippen LogP) is 2.07. The lowest BCUT2D eigenvalue weighted by molar-refractivity contribution is 0.712. The zero-order valence-electron chi connectivity index (χ0n) is 9.73. The van der Waals surface area contributed by atoms with Gasteiger partial charge in [-0.1, -0.05) is 16.8 Å². The summed E-state index contributed by atoms with van der Waals surface area (Å²) in [7, 11) is 1.95. The summed E-state index contributed by atoms with van der Waals surface area (Å²) in [6.45, 7) is 0.994. The number of aryl methyl sites for hydroxylation is 1. The summed E-state index contributed by atoms with van der Waals surface area (Å²) in [5, 5.41) is 12.1. The molecule has 1 N–H and O–H groups in total. The molecule has 0 aliphatic rings. The van der Waals surface area contributed by atoms with Gasteiger partial charge < -0.3 is 5.32 Å². The van der Waals surface area contributed by atoms with E-state index in [9.17, 15) is 0 Å². The first-order valence-corrected chi connectivity index (χ1v) is 5.99. The summed E-state index contributed by atoms with van der Waals surface area (Å²) < 4.78 is 1.77. The van der Waals surface area contributed by atoms with Gasteiger partial charge in [0.05, 0.1) is 17.6 Å². The monoisotopic (exact) mass is 250 g/mol. The molecule has 0 amide bonds. The molecule has 4 nitrogen and oxygen atoms in total. The van der Waals surface area contributed by atoms with E-state index < -0.39 is 0 Å². The van der Waals surface area contributed by atoms with Crippen molar-refractivity contribution in [2.45, 2.75) is 12.8 Å². The number of nitrogens with zero attached hydrogens (tertiary/aromatic N) is 3. The molecule has 0 aliphatic heterocycles. The molecule has 0 saturated carbocycles. The molecule has 5 heteroatoms. The van der Waals surface area contributed by atoms with Crippen LogP contribution in [0.3, 0.4) is 0 Å². The Morgan fingerprint density at radius 1 is 1.29 bits per heavy atom. The predicted molar refractivity (Wildman–Crippen MR) is 68.6 cm³/mol. The second-order valence-corrected chi connectivity index (χ2v) is 4.27. The highest BCUT2D eigenvalue weighted by Gasteiger charge is 2.02. The standard InChI is InChI=1S/C12H15ClN4/c1-14-8-2-3-11-9-17(16-15-11)12-6-4-10(13)5-7-12/h4-7,9,14H,2-3,8H2,1H3. The fourth-order valence-corrected chi connectivity index (χ4v) is 1.71. The Balaban J connectivity index is 2.04. The Kier molecular flexibility index (Phi) is 4.12. The van der Waals surface area contributed by atoms with Crippen LogP contribution < -0.4 is 5.32 Å². The molecule has 17 heavy (non-hydrogen) atoms. The lowest BCUT2D eigenvalue weighted by atomic mass is 10.2. The van der Waals surface area contributed by atoms with E-state index in [1.807, 2.05) is 37.5 Å². The third kappa shape index (κ3) is 3.28. The molecule has 0 radical (unpaired) electrons. The van der Waals surface area contributed by atoms with E-state index in [-0.39, 0.29) is 0 Å². The van der Waals surface area contributed by atoms with E-state index >= 15 is 0 Å². The first-order valence-electron chi connectivity index (χ1n) is 5.61. The van der Waals surface area contributed by atoms with E-state index in [0.29, 0.717) is 0 Å². The molecule has 0 aliphatic carbocycles. The van der Waals surface area contributed by atoms with Crippen LogP contribution in [0.5, 0.6) is 0 Å². The Morgan fingerprint density at radius 2 is 2.06 bits per heavy atom. The van der Waals surface area contributed by atoms with Crippen LogP contribution in [0, 0.1) is 0 Å². The lowest BCUT2D eigenvalue weighted by Crippen LogP contribution is -2.08. The number of nitrogens with one attached hydrogen (secondary N) is 1. The second-order valence-electron chi connectivity index (χ2n) is 3.84. The number of aromatic nitrogens is 3. The molecule has 1 aromatic heterocycles. The van der Waals surface area contributed by atoms with Crippen LogP contribution in [-0.4, -0.2) is 28.6 Å². The van der Waals surface area contributed by atoms with Crippen LogP contribution in [0.1, 0.15) is 12.1 Å². The van der Waals surface area contributed by atoms with Gasteiger partial charge in [0.25, 0.3) is 0 Å². The van der Waals surface area contributed by atoms with E-state index in [0.717, 1.165) is 35.8 Å². The van der Waals surface area contributed by atoms with Gasteiger partial charge in [0, 0.05) is 5.02 Å². The highest BCUT2D eigenvalue weighted by molar-refractivity contribution is 6.30. The SMILES string of the molecule is CNCCCc1cn(-c2ccc(Cl)cc2)nn1. The van der Waals surface area contributed by atoms with Crippen LogP contribution in [0.4, 0.5) is 0 Å². The lowest BCUT2D eigenvalue weighted by Gasteiger charge is -1.99. The van der Waals surface area contributed by atoms with Crippen LogP contribution in [0.25, 0.3) is 5.69 Å². The summed E-state index contributed by atoms with van der Waals surface area (Å²) in [6, 6.07) is 7.54. The average Bonchev–Trinajstić information content (AvgIpc) is 2.79. The van der Waals surface area contributed by atoms with Crippen molar-refractivity contribution < 1.29 is 0 Å². The fourth-order valence-electron chi connectivity index (χ4n) is 1.58. The van der Waals surface area contributed by atoms with Crippen LogP contribution in [-0.2, 0) is 6.42 Å². The summed E-state index contributed by atoms with van der Waals surface area (Å²) >= 11 is 5.84. The minimum absolute atomic E-state index is 0.725. The van der Waals surface area contributed by atoms with Crippen LogP contribution in [0.15, 0.2) is 30.5 Å². The summed E-state index contributed by atoms with van der Waals surface area (Å²) in [5.74, 6) is 0. The van der Waals surface area contributed by atoms with Crippen molar-refractivity contribution in [3.63, 3.8) is 0 Å². The molecule has 0 saturated heterocycles. The highest BCUT2D eigenvalue weighted by Crippen LogP contribution is 2.12. The second kappa shape index (κ2) is 5.80. The molecule has 2 aromatic rings. The molecule has 0 atom stereocenters. The normalized spacial score (nSPS) is 10.7. The van der Waals surface area contributed by atoms with Crippen molar-refractivity contribution in [2.75, 3.05) is 13.6 Å². The Morgan fingerprint density at radius 3 is 2.76 bits per heavy atom. The Hall–Kier alpha value is -1.39. The quantitative estimate of drug-likeness (QED) is 0.827. The molecule has 1 heterocycles. The van der Waals surface area contributed by atoms with Gasteiger partial charge in [0.2, 0.25) is 0 Å². The van der Waals surface area contributed by atoms with E-state index in [2.05, 4.69) is 15.6 Å². The zero-order chi connectivity index (χ0) is 12.1. The topological polar surface area (TPSA) is 42.7 Å². The fraction of sp³-hybridized carbons (Fsp3) is 0.333. The van der Waals surface area contributed by atoms with Gasteiger partial charge in [-0.15, -0.1) is 5.10 Å². The molecule has 0 bridgehead atoms. The zero-order valence-corrected chi connectivity index (χ0v) is 10.5. The van der Waals surface area contributed by atoms with Crippen LogP contribution >= 0.6 is 11.6 Å². The van der Waals surface area contributed by atoms with Gasteiger partial charge in [-0.05, 0) is 50.7 Å². The number of hydrogen-bond acceptors (Lipinski definition) is 3. The molecule has 2 rings (SSSR count). The van der Waals surface area contributed by atoms with E-state index in [4.69, 9.17) is 11.6 Å². The minimum Gasteiger partial charge on any atom is -0.320 e. The van der Waals surface area contributed by atoms with Gasteiger partial charge in [-0.2, -0.15) is 0 Å². The van der Waals surface area contributed by atoms with Gasteiger partial charge in [-0.25, -0.2) is 4.68 Å². The summed E-state index contributed by atoms with van der Waals surface area (Å²) in [4.78, 5) is 0. The van der Waals surface area contributed by atoms with E-state index in [1.165, 1.54) is 0 Å². The van der Waals surface area contributed by atoms with Gasteiger partial charge in [0.15, 0.2) is 0 Å². The molecule has 0 unspecified atom stereocenters. The number of halogens is 1. The maximum absolute atomic E-state index is 5.84. The molecular weight excluding hydrogens is 236 g/mol. The molecule has 1 aromatic carbocycles.